The third-order valence-electron chi connectivity index (χ3n) is 3.38. The second-order valence-electron chi connectivity index (χ2n) is 3.75. The summed E-state index contributed by atoms with van der Waals surface area (Å²) in [6, 6.07) is 0. The van der Waals surface area contributed by atoms with E-state index in [1.54, 1.807) is 0 Å². The average molecular weight is 353 g/mol. The normalized spacial score (nSPS) is 9.69. The summed E-state index contributed by atoms with van der Waals surface area (Å²) in [6.07, 6.45) is 0. The van der Waals surface area contributed by atoms with Gasteiger partial charge in [-0.05, 0) is 74.9 Å². The molecular formula is C12H18Os. The van der Waals surface area contributed by atoms with Gasteiger partial charge in [0.2, 0.25) is 0 Å². The van der Waals surface area contributed by atoms with E-state index in [9.17, 15) is 0 Å². The van der Waals surface area contributed by atoms with Gasteiger partial charge in [0, 0.05) is 19.8 Å². The predicted octanol–water partition coefficient (Wildman–Crippen LogP) is 3.53. The molecule has 0 heterocycles. The Balaban J connectivity index is 0.00000144. The van der Waals surface area contributed by atoms with Gasteiger partial charge in [0.05, 0.1) is 0 Å². The maximum absolute atomic E-state index is 2.21. The fourth-order valence-electron chi connectivity index (χ4n) is 1.69. The van der Waals surface area contributed by atoms with Crippen LogP contribution in [0, 0.1) is 41.5 Å². The molecule has 0 aliphatic rings. The topological polar surface area (TPSA) is 0 Å². The zero-order valence-corrected chi connectivity index (χ0v) is 11.9. The Kier molecular flexibility index (Phi) is 4.33. The van der Waals surface area contributed by atoms with Crippen LogP contribution in [0.25, 0.3) is 0 Å². The van der Waals surface area contributed by atoms with Gasteiger partial charge in [0.25, 0.3) is 0 Å². The Bertz CT molecular complexity index is 219. The first-order chi connectivity index (χ1) is 5.46. The van der Waals surface area contributed by atoms with Crippen LogP contribution >= 0.6 is 0 Å². The van der Waals surface area contributed by atoms with E-state index in [0.717, 1.165) is 0 Å². The van der Waals surface area contributed by atoms with Crippen LogP contribution in [0.5, 0.6) is 0 Å². The van der Waals surface area contributed by atoms with Crippen molar-refractivity contribution in [3.8, 4) is 0 Å². The Morgan fingerprint density at radius 1 is 0.385 bits per heavy atom. The number of hydrogen-bond donors (Lipinski definition) is 0. The second-order valence-corrected chi connectivity index (χ2v) is 3.75. The van der Waals surface area contributed by atoms with Gasteiger partial charge in [-0.1, -0.05) is 0 Å². The molecule has 0 aromatic heterocycles. The summed E-state index contributed by atoms with van der Waals surface area (Å²) < 4.78 is 0. The van der Waals surface area contributed by atoms with Crippen LogP contribution in [0.15, 0.2) is 0 Å². The number of hydrogen-bond acceptors (Lipinski definition) is 0. The molecule has 1 aromatic carbocycles. The molecular weight excluding hydrogens is 334 g/mol. The minimum Gasteiger partial charge on any atom is -0.0447 e. The Labute approximate surface area is 94.8 Å². The van der Waals surface area contributed by atoms with Crippen LogP contribution in [-0.4, -0.2) is 0 Å². The standard InChI is InChI=1S/C12H18.Os/c1-7-8(2)10(4)12(6)11(5)9(7)3;/h1-6H3;. The van der Waals surface area contributed by atoms with Gasteiger partial charge in [-0.3, -0.25) is 0 Å². The van der Waals surface area contributed by atoms with E-state index < -0.39 is 0 Å². The SMILES string of the molecule is Cc1c(C)c(C)c(C)c(C)c1C.[Os]. The van der Waals surface area contributed by atoms with Crippen molar-refractivity contribution in [1.29, 1.82) is 0 Å². The largest absolute Gasteiger partial charge is 0.0447 e. The molecule has 0 N–H and O–H groups in total. The maximum Gasteiger partial charge on any atom is 0 e. The summed E-state index contributed by atoms with van der Waals surface area (Å²) in [5.41, 5.74) is 8.73. The monoisotopic (exact) mass is 354 g/mol. The summed E-state index contributed by atoms with van der Waals surface area (Å²) in [6.45, 7) is 13.3. The fraction of sp³-hybridized carbons (Fsp3) is 0.500. The average Bonchev–Trinajstić information content (AvgIpc) is 2.08. The Morgan fingerprint density at radius 2 is 0.462 bits per heavy atom. The zero-order chi connectivity index (χ0) is 9.46. The summed E-state index contributed by atoms with van der Waals surface area (Å²) >= 11 is 0. The van der Waals surface area contributed by atoms with Crippen molar-refractivity contribution in [1.82, 2.24) is 0 Å². The van der Waals surface area contributed by atoms with Crippen molar-refractivity contribution in [2.75, 3.05) is 0 Å². The van der Waals surface area contributed by atoms with Crippen molar-refractivity contribution in [2.45, 2.75) is 41.5 Å². The van der Waals surface area contributed by atoms with Gasteiger partial charge >= 0.3 is 0 Å². The molecule has 0 amide bonds. The molecule has 0 saturated carbocycles. The molecule has 0 unspecified atom stereocenters. The van der Waals surface area contributed by atoms with Crippen LogP contribution in [0.3, 0.4) is 0 Å². The molecule has 74 valence electrons. The summed E-state index contributed by atoms with van der Waals surface area (Å²) in [7, 11) is 0. The molecule has 0 spiro atoms. The molecule has 0 aliphatic heterocycles. The third kappa shape index (κ3) is 2.02. The van der Waals surface area contributed by atoms with E-state index in [0.29, 0.717) is 0 Å². The summed E-state index contributed by atoms with van der Waals surface area (Å²) in [5, 5.41) is 0. The maximum atomic E-state index is 2.21. The predicted molar refractivity (Wildman–Crippen MR) is 54.9 cm³/mol. The van der Waals surface area contributed by atoms with Crippen molar-refractivity contribution < 1.29 is 19.8 Å². The van der Waals surface area contributed by atoms with E-state index in [4.69, 9.17) is 0 Å². The summed E-state index contributed by atoms with van der Waals surface area (Å²) in [5.74, 6) is 0. The second kappa shape index (κ2) is 4.38. The van der Waals surface area contributed by atoms with E-state index in [1.165, 1.54) is 33.4 Å². The third-order valence-corrected chi connectivity index (χ3v) is 3.38. The fourth-order valence-corrected chi connectivity index (χ4v) is 1.69. The van der Waals surface area contributed by atoms with Gasteiger partial charge in [-0.25, -0.2) is 0 Å². The first-order valence-corrected chi connectivity index (χ1v) is 4.50. The van der Waals surface area contributed by atoms with Gasteiger partial charge in [0.1, 0.15) is 0 Å². The van der Waals surface area contributed by atoms with E-state index in [-0.39, 0.29) is 19.8 Å². The van der Waals surface area contributed by atoms with E-state index in [1.807, 2.05) is 0 Å². The van der Waals surface area contributed by atoms with Crippen molar-refractivity contribution in [3.05, 3.63) is 33.4 Å². The van der Waals surface area contributed by atoms with Crippen LogP contribution in [-0.2, 0) is 19.8 Å². The molecule has 0 saturated heterocycles. The molecule has 0 bridgehead atoms. The first-order valence-electron chi connectivity index (χ1n) is 4.50. The molecule has 0 radical (unpaired) electrons. The molecule has 0 atom stereocenters. The Morgan fingerprint density at radius 3 is 0.538 bits per heavy atom. The molecule has 0 fully saturated rings. The molecule has 1 aromatic rings. The van der Waals surface area contributed by atoms with Crippen LogP contribution in [0.4, 0.5) is 0 Å². The smallest absolute Gasteiger partial charge is 0 e. The van der Waals surface area contributed by atoms with Gasteiger partial charge in [-0.15, -0.1) is 0 Å². The molecule has 1 heteroatoms. The Hall–Kier alpha value is -0.144. The zero-order valence-electron chi connectivity index (χ0n) is 9.35. The van der Waals surface area contributed by atoms with Gasteiger partial charge < -0.3 is 0 Å². The summed E-state index contributed by atoms with van der Waals surface area (Å²) in [4.78, 5) is 0. The van der Waals surface area contributed by atoms with Crippen molar-refractivity contribution >= 4 is 0 Å². The minimum absolute atomic E-state index is 0. The van der Waals surface area contributed by atoms with E-state index in [2.05, 4.69) is 41.5 Å². The van der Waals surface area contributed by atoms with Crippen LogP contribution in [0.1, 0.15) is 33.4 Å². The number of benzene rings is 1. The molecule has 0 nitrogen and oxygen atoms in total. The molecule has 1 rings (SSSR count). The number of rotatable bonds is 0. The van der Waals surface area contributed by atoms with Gasteiger partial charge in [0.15, 0.2) is 0 Å². The molecule has 13 heavy (non-hydrogen) atoms. The van der Waals surface area contributed by atoms with Crippen LogP contribution < -0.4 is 0 Å². The van der Waals surface area contributed by atoms with Gasteiger partial charge in [-0.2, -0.15) is 0 Å². The quantitative estimate of drug-likeness (QED) is 0.670. The first kappa shape index (κ1) is 12.9. The minimum atomic E-state index is 0. The van der Waals surface area contributed by atoms with E-state index >= 15 is 0 Å². The van der Waals surface area contributed by atoms with Crippen LogP contribution in [0.2, 0.25) is 0 Å². The van der Waals surface area contributed by atoms with Crippen molar-refractivity contribution in [3.63, 3.8) is 0 Å². The van der Waals surface area contributed by atoms with Crippen molar-refractivity contribution in [2.24, 2.45) is 0 Å². The molecule has 0 aliphatic carbocycles.